The zero-order chi connectivity index (χ0) is 17.3. The largest absolute Gasteiger partial charge is 0.416 e. The van der Waals surface area contributed by atoms with Crippen LogP contribution in [0, 0.1) is 0 Å². The van der Waals surface area contributed by atoms with Gasteiger partial charge < -0.3 is 24.4 Å². The molecule has 0 saturated carbocycles. The monoisotopic (exact) mass is 347 g/mol. The average molecular weight is 347 g/mol. The normalized spacial score (nSPS) is 20.5. The van der Waals surface area contributed by atoms with Crippen LogP contribution in [-0.2, 0) is 11.3 Å². The molecule has 0 amide bonds. The van der Waals surface area contributed by atoms with E-state index < -0.39 is 25.0 Å². The molecular weight excluding hydrogens is 331 g/mol. The molecular formula is C13H16F3N5O3. The predicted octanol–water partition coefficient (Wildman–Crippen LogP) is -0.0530. The van der Waals surface area contributed by atoms with E-state index in [2.05, 4.69) is 15.0 Å². The number of hydrogen-bond donors (Lipinski definition) is 2. The number of morpholine rings is 1. The Morgan fingerprint density at radius 2 is 2.12 bits per heavy atom. The van der Waals surface area contributed by atoms with E-state index in [-0.39, 0.29) is 32.1 Å². The van der Waals surface area contributed by atoms with Crippen molar-refractivity contribution in [2.75, 3.05) is 31.2 Å². The zero-order valence-electron chi connectivity index (χ0n) is 12.5. The van der Waals surface area contributed by atoms with Gasteiger partial charge in [-0.05, 0) is 0 Å². The SMILES string of the molecule is OC[C@@H](O)Cn1cnc2c(N3CCO[C@H](C(F)(F)F)C3)ncnc21. The zero-order valence-corrected chi connectivity index (χ0v) is 12.5. The maximum atomic E-state index is 12.9. The fourth-order valence-electron chi connectivity index (χ4n) is 2.56. The van der Waals surface area contributed by atoms with Crippen LogP contribution in [0.4, 0.5) is 19.0 Å². The van der Waals surface area contributed by atoms with E-state index in [0.29, 0.717) is 11.2 Å². The van der Waals surface area contributed by atoms with Crippen LogP contribution >= 0.6 is 0 Å². The standard InChI is InChI=1S/C13H16F3N5O3/c14-13(15,16)9-4-20(1-2-24-9)11-10-12(18-6-17-11)21(7-19-10)3-8(23)5-22/h6-9,22-23H,1-5H2/t8-,9-/m0/s1. The molecule has 0 aliphatic carbocycles. The van der Waals surface area contributed by atoms with Gasteiger partial charge in [-0.2, -0.15) is 13.2 Å². The molecule has 8 nitrogen and oxygen atoms in total. The molecule has 1 aliphatic heterocycles. The molecule has 24 heavy (non-hydrogen) atoms. The summed E-state index contributed by atoms with van der Waals surface area (Å²) in [7, 11) is 0. The van der Waals surface area contributed by atoms with Gasteiger partial charge in [-0.15, -0.1) is 0 Å². The summed E-state index contributed by atoms with van der Waals surface area (Å²) in [5.74, 6) is 0.287. The number of anilines is 1. The van der Waals surface area contributed by atoms with Gasteiger partial charge in [0.15, 0.2) is 23.1 Å². The molecule has 1 saturated heterocycles. The van der Waals surface area contributed by atoms with E-state index in [0.717, 1.165) is 0 Å². The highest BCUT2D eigenvalue weighted by atomic mass is 19.4. The van der Waals surface area contributed by atoms with E-state index in [9.17, 15) is 18.3 Å². The van der Waals surface area contributed by atoms with Crippen molar-refractivity contribution in [2.24, 2.45) is 0 Å². The van der Waals surface area contributed by atoms with E-state index in [4.69, 9.17) is 9.84 Å². The van der Waals surface area contributed by atoms with Gasteiger partial charge in [0, 0.05) is 6.54 Å². The summed E-state index contributed by atoms with van der Waals surface area (Å²) >= 11 is 0. The summed E-state index contributed by atoms with van der Waals surface area (Å²) in [6.45, 7) is -0.543. The first-order valence-electron chi connectivity index (χ1n) is 7.28. The van der Waals surface area contributed by atoms with Crippen molar-refractivity contribution in [1.29, 1.82) is 0 Å². The van der Waals surface area contributed by atoms with Crippen LogP contribution in [0.3, 0.4) is 0 Å². The lowest BCUT2D eigenvalue weighted by Gasteiger charge is -2.34. The number of aliphatic hydroxyl groups excluding tert-OH is 2. The van der Waals surface area contributed by atoms with Gasteiger partial charge in [-0.1, -0.05) is 0 Å². The molecule has 132 valence electrons. The van der Waals surface area contributed by atoms with Crippen LogP contribution in [0.2, 0.25) is 0 Å². The maximum absolute atomic E-state index is 12.9. The van der Waals surface area contributed by atoms with Gasteiger partial charge >= 0.3 is 6.18 Å². The first kappa shape index (κ1) is 16.9. The van der Waals surface area contributed by atoms with Crippen molar-refractivity contribution in [3.63, 3.8) is 0 Å². The third-order valence-corrected chi connectivity index (χ3v) is 3.73. The first-order chi connectivity index (χ1) is 11.4. The minimum atomic E-state index is -4.45. The Bertz CT molecular complexity index is 708. The molecule has 0 radical (unpaired) electrons. The molecule has 2 aromatic rings. The van der Waals surface area contributed by atoms with Crippen LogP contribution in [0.1, 0.15) is 0 Å². The minimum Gasteiger partial charge on any atom is -0.394 e. The molecule has 1 aliphatic rings. The first-order valence-corrected chi connectivity index (χ1v) is 7.28. The number of aliphatic hydroxyl groups is 2. The van der Waals surface area contributed by atoms with Crippen LogP contribution in [0.25, 0.3) is 11.2 Å². The van der Waals surface area contributed by atoms with Crippen LogP contribution < -0.4 is 4.90 Å². The topological polar surface area (TPSA) is 96.5 Å². The minimum absolute atomic E-state index is 0.0672. The smallest absolute Gasteiger partial charge is 0.394 e. The quantitative estimate of drug-likeness (QED) is 0.800. The Hall–Kier alpha value is -1.98. The molecule has 3 heterocycles. The third kappa shape index (κ3) is 3.28. The van der Waals surface area contributed by atoms with Gasteiger partial charge in [0.2, 0.25) is 0 Å². The lowest BCUT2D eigenvalue weighted by molar-refractivity contribution is -0.221. The lowest BCUT2D eigenvalue weighted by Crippen LogP contribution is -2.49. The number of ether oxygens (including phenoxy) is 1. The van der Waals surface area contributed by atoms with E-state index in [1.807, 2.05) is 0 Å². The average Bonchev–Trinajstić information content (AvgIpc) is 2.97. The number of aromatic nitrogens is 4. The van der Waals surface area contributed by atoms with Gasteiger partial charge in [-0.3, -0.25) is 0 Å². The number of alkyl halides is 3. The molecule has 3 rings (SSSR count). The fourth-order valence-corrected chi connectivity index (χ4v) is 2.56. The van der Waals surface area contributed by atoms with Crippen molar-refractivity contribution in [1.82, 2.24) is 19.5 Å². The Balaban J connectivity index is 1.90. The van der Waals surface area contributed by atoms with Crippen molar-refractivity contribution < 1.29 is 28.1 Å². The molecule has 0 aromatic carbocycles. The fraction of sp³-hybridized carbons (Fsp3) is 0.615. The van der Waals surface area contributed by atoms with Crippen molar-refractivity contribution >= 4 is 17.0 Å². The number of imidazole rings is 1. The second kappa shape index (κ2) is 6.49. The number of fused-ring (bicyclic) bond motifs is 1. The molecule has 1 fully saturated rings. The van der Waals surface area contributed by atoms with Gasteiger partial charge in [-0.25, -0.2) is 15.0 Å². The van der Waals surface area contributed by atoms with E-state index in [1.165, 1.54) is 22.1 Å². The Kier molecular flexibility index (Phi) is 4.56. The van der Waals surface area contributed by atoms with Crippen molar-refractivity contribution in [2.45, 2.75) is 24.9 Å². The molecule has 0 unspecified atom stereocenters. The highest BCUT2D eigenvalue weighted by molar-refractivity contribution is 5.83. The number of nitrogens with zero attached hydrogens (tertiary/aromatic N) is 5. The van der Waals surface area contributed by atoms with E-state index >= 15 is 0 Å². The number of rotatable bonds is 4. The molecule has 0 spiro atoms. The Labute approximate surface area is 134 Å². The van der Waals surface area contributed by atoms with E-state index in [1.54, 1.807) is 0 Å². The van der Waals surface area contributed by atoms with Crippen molar-refractivity contribution in [3.8, 4) is 0 Å². The summed E-state index contributed by atoms with van der Waals surface area (Å²) in [4.78, 5) is 13.7. The highest BCUT2D eigenvalue weighted by Crippen LogP contribution is 2.29. The summed E-state index contributed by atoms with van der Waals surface area (Å²) in [6, 6.07) is 0. The van der Waals surface area contributed by atoms with Crippen molar-refractivity contribution in [3.05, 3.63) is 12.7 Å². The maximum Gasteiger partial charge on any atom is 0.416 e. The molecule has 2 N–H and O–H groups in total. The second-order valence-electron chi connectivity index (χ2n) is 5.45. The number of hydrogen-bond acceptors (Lipinski definition) is 7. The Morgan fingerprint density at radius 3 is 2.83 bits per heavy atom. The highest BCUT2D eigenvalue weighted by Gasteiger charge is 2.44. The number of halogens is 3. The molecule has 11 heteroatoms. The molecule has 2 atom stereocenters. The molecule has 0 bridgehead atoms. The molecule has 2 aromatic heterocycles. The summed E-state index contributed by atoms with van der Waals surface area (Å²) in [6.07, 6.45) is -4.67. The van der Waals surface area contributed by atoms with Gasteiger partial charge in [0.25, 0.3) is 0 Å². The van der Waals surface area contributed by atoms with Crippen LogP contribution in [0.5, 0.6) is 0 Å². The lowest BCUT2D eigenvalue weighted by atomic mass is 10.2. The Morgan fingerprint density at radius 1 is 1.33 bits per heavy atom. The van der Waals surface area contributed by atoms with Crippen LogP contribution in [-0.4, -0.2) is 74.4 Å². The van der Waals surface area contributed by atoms with Gasteiger partial charge in [0.05, 0.1) is 38.7 Å². The summed E-state index contributed by atoms with van der Waals surface area (Å²) < 4.78 is 44.9. The van der Waals surface area contributed by atoms with Gasteiger partial charge in [0.1, 0.15) is 6.33 Å². The summed E-state index contributed by atoms with van der Waals surface area (Å²) in [5.41, 5.74) is 0.716. The second-order valence-corrected chi connectivity index (χ2v) is 5.45. The predicted molar refractivity (Wildman–Crippen MR) is 76.4 cm³/mol. The summed E-state index contributed by atoms with van der Waals surface area (Å²) in [5, 5.41) is 18.5. The van der Waals surface area contributed by atoms with Crippen LogP contribution in [0.15, 0.2) is 12.7 Å². The third-order valence-electron chi connectivity index (χ3n) is 3.73.